The Morgan fingerprint density at radius 2 is 1.93 bits per heavy atom. The normalized spacial score (nSPS) is 17.3. The third-order valence-corrected chi connectivity index (χ3v) is 5.46. The van der Waals surface area contributed by atoms with E-state index in [1.165, 1.54) is 0 Å². The van der Waals surface area contributed by atoms with Crippen LogP contribution in [0.2, 0.25) is 5.02 Å². The molecule has 0 unspecified atom stereocenters. The van der Waals surface area contributed by atoms with Gasteiger partial charge in [-0.2, -0.15) is 5.10 Å². The topological polar surface area (TPSA) is 89.1 Å². The molecule has 5 rings (SSSR count). The zero-order valence-electron chi connectivity index (χ0n) is 15.8. The SMILES string of the molecule is O=C(NC1CN(Cc2cnn(Cc3ccc(Cl)cc3)c2)C1)c1nnc(C2CC2)o1. The number of benzene rings is 1. The van der Waals surface area contributed by atoms with Crippen molar-refractivity contribution in [3.05, 3.63) is 64.6 Å². The highest BCUT2D eigenvalue weighted by atomic mass is 35.5. The summed E-state index contributed by atoms with van der Waals surface area (Å²) in [5.41, 5.74) is 2.30. The van der Waals surface area contributed by atoms with E-state index in [4.69, 9.17) is 16.0 Å². The second-order valence-corrected chi connectivity index (χ2v) is 8.19. The van der Waals surface area contributed by atoms with Crippen molar-refractivity contribution in [3.63, 3.8) is 0 Å². The predicted molar refractivity (Wildman–Crippen MR) is 106 cm³/mol. The lowest BCUT2D eigenvalue weighted by atomic mass is 10.1. The number of rotatable bonds is 7. The van der Waals surface area contributed by atoms with Gasteiger partial charge >= 0.3 is 11.8 Å². The Kier molecular flexibility index (Phi) is 4.81. The van der Waals surface area contributed by atoms with Crippen LogP contribution in [-0.2, 0) is 13.1 Å². The molecule has 2 aromatic heterocycles. The van der Waals surface area contributed by atoms with Gasteiger partial charge in [0.2, 0.25) is 5.89 Å². The number of amides is 1. The fourth-order valence-electron chi connectivity index (χ4n) is 3.47. The van der Waals surface area contributed by atoms with Crippen LogP contribution in [-0.4, -0.2) is 49.9 Å². The minimum Gasteiger partial charge on any atom is -0.417 e. The summed E-state index contributed by atoms with van der Waals surface area (Å²) in [6, 6.07) is 7.88. The summed E-state index contributed by atoms with van der Waals surface area (Å²) in [6.07, 6.45) is 6.08. The fourth-order valence-corrected chi connectivity index (χ4v) is 3.59. The van der Waals surface area contributed by atoms with Crippen LogP contribution >= 0.6 is 11.6 Å². The van der Waals surface area contributed by atoms with Crippen LogP contribution < -0.4 is 5.32 Å². The van der Waals surface area contributed by atoms with E-state index in [1.807, 2.05) is 35.1 Å². The predicted octanol–water partition coefficient (Wildman–Crippen LogP) is 2.46. The van der Waals surface area contributed by atoms with Gasteiger partial charge in [-0.15, -0.1) is 10.2 Å². The molecule has 0 radical (unpaired) electrons. The summed E-state index contributed by atoms with van der Waals surface area (Å²) in [5.74, 6) is 0.712. The molecule has 1 aliphatic heterocycles. The molecule has 1 saturated heterocycles. The molecule has 1 N–H and O–H groups in total. The van der Waals surface area contributed by atoms with E-state index in [0.717, 1.165) is 48.6 Å². The first-order valence-corrected chi connectivity index (χ1v) is 10.1. The lowest BCUT2D eigenvalue weighted by molar-refractivity contribution is 0.0762. The van der Waals surface area contributed by atoms with Crippen LogP contribution in [0.15, 0.2) is 41.1 Å². The van der Waals surface area contributed by atoms with E-state index in [0.29, 0.717) is 18.4 Å². The molecule has 29 heavy (non-hydrogen) atoms. The van der Waals surface area contributed by atoms with E-state index in [1.54, 1.807) is 0 Å². The molecule has 0 atom stereocenters. The molecule has 2 aliphatic rings. The highest BCUT2D eigenvalue weighted by Gasteiger charge is 2.32. The summed E-state index contributed by atoms with van der Waals surface area (Å²) in [6.45, 7) is 3.09. The van der Waals surface area contributed by atoms with Gasteiger partial charge < -0.3 is 9.73 Å². The molecule has 3 heterocycles. The Morgan fingerprint density at radius 1 is 1.14 bits per heavy atom. The number of halogens is 1. The van der Waals surface area contributed by atoms with Crippen LogP contribution in [0.25, 0.3) is 0 Å². The van der Waals surface area contributed by atoms with Crippen LogP contribution in [0, 0.1) is 0 Å². The van der Waals surface area contributed by atoms with Crippen molar-refractivity contribution in [3.8, 4) is 0 Å². The van der Waals surface area contributed by atoms with E-state index in [2.05, 4.69) is 31.7 Å². The molecule has 1 aliphatic carbocycles. The quantitative estimate of drug-likeness (QED) is 0.641. The Bertz CT molecular complexity index is 1000. The number of hydrogen-bond acceptors (Lipinski definition) is 6. The van der Waals surface area contributed by atoms with E-state index in [9.17, 15) is 4.79 Å². The molecular formula is C20H21ClN6O2. The summed E-state index contributed by atoms with van der Waals surface area (Å²) in [4.78, 5) is 14.5. The van der Waals surface area contributed by atoms with E-state index in [-0.39, 0.29) is 17.8 Å². The van der Waals surface area contributed by atoms with Crippen molar-refractivity contribution in [2.24, 2.45) is 0 Å². The van der Waals surface area contributed by atoms with Gasteiger partial charge in [-0.1, -0.05) is 23.7 Å². The van der Waals surface area contributed by atoms with E-state index >= 15 is 0 Å². The number of aromatic nitrogens is 4. The van der Waals surface area contributed by atoms with Crippen LogP contribution in [0.4, 0.5) is 0 Å². The average Bonchev–Trinajstić information content (AvgIpc) is 3.24. The van der Waals surface area contributed by atoms with Gasteiger partial charge in [0.05, 0.1) is 18.8 Å². The number of nitrogens with zero attached hydrogens (tertiary/aromatic N) is 5. The fraction of sp³-hybridized carbons (Fsp3) is 0.400. The largest absolute Gasteiger partial charge is 0.417 e. The molecule has 1 amide bonds. The maximum Gasteiger partial charge on any atom is 0.309 e. The molecule has 0 spiro atoms. The standard InChI is InChI=1S/C20H21ClN6O2/c21-16-5-1-13(2-6-16)9-27-10-14(7-22-27)8-26-11-17(12-26)23-18(28)20-25-24-19(29-20)15-3-4-15/h1-2,5-7,10,15,17H,3-4,8-9,11-12H2,(H,23,28). The Balaban J connectivity index is 1.08. The summed E-state index contributed by atoms with van der Waals surface area (Å²) in [7, 11) is 0. The number of carbonyl (C=O) groups is 1. The van der Waals surface area contributed by atoms with Crippen LogP contribution in [0.1, 0.15) is 46.5 Å². The minimum atomic E-state index is -0.287. The van der Waals surface area contributed by atoms with Crippen molar-refractivity contribution < 1.29 is 9.21 Å². The Labute approximate surface area is 172 Å². The zero-order valence-corrected chi connectivity index (χ0v) is 16.5. The van der Waals surface area contributed by atoms with Crippen molar-refractivity contribution >= 4 is 17.5 Å². The smallest absolute Gasteiger partial charge is 0.309 e. The number of nitrogens with one attached hydrogen (secondary N) is 1. The first-order chi connectivity index (χ1) is 14.1. The molecule has 3 aromatic rings. The maximum atomic E-state index is 12.2. The summed E-state index contributed by atoms with van der Waals surface area (Å²) >= 11 is 5.93. The van der Waals surface area contributed by atoms with Gasteiger partial charge in [0.15, 0.2) is 0 Å². The molecule has 8 nitrogen and oxygen atoms in total. The second kappa shape index (κ2) is 7.61. The lowest BCUT2D eigenvalue weighted by Crippen LogP contribution is -2.58. The second-order valence-electron chi connectivity index (χ2n) is 7.76. The van der Waals surface area contributed by atoms with Gasteiger partial charge in [-0.25, -0.2) is 0 Å². The molecule has 2 fully saturated rings. The maximum absolute atomic E-state index is 12.2. The van der Waals surface area contributed by atoms with Crippen molar-refractivity contribution in [2.45, 2.75) is 37.9 Å². The molecule has 1 aromatic carbocycles. The number of carbonyl (C=O) groups excluding carboxylic acids is 1. The first kappa shape index (κ1) is 18.3. The molecule has 150 valence electrons. The van der Waals surface area contributed by atoms with Crippen LogP contribution in [0.3, 0.4) is 0 Å². The van der Waals surface area contributed by atoms with Crippen molar-refractivity contribution in [1.29, 1.82) is 0 Å². The van der Waals surface area contributed by atoms with Gasteiger partial charge in [-0.3, -0.25) is 14.4 Å². The van der Waals surface area contributed by atoms with E-state index < -0.39 is 0 Å². The van der Waals surface area contributed by atoms with Gasteiger partial charge in [-0.05, 0) is 30.5 Å². The van der Waals surface area contributed by atoms with Gasteiger partial charge in [0.1, 0.15) is 0 Å². The minimum absolute atomic E-state index is 0.0637. The molecule has 1 saturated carbocycles. The Hall–Kier alpha value is -2.71. The summed E-state index contributed by atoms with van der Waals surface area (Å²) in [5, 5.41) is 15.9. The van der Waals surface area contributed by atoms with Crippen molar-refractivity contribution in [2.75, 3.05) is 13.1 Å². The number of likely N-dealkylation sites (tertiary alicyclic amines) is 1. The lowest BCUT2D eigenvalue weighted by Gasteiger charge is -2.39. The summed E-state index contributed by atoms with van der Waals surface area (Å²) < 4.78 is 7.37. The third kappa shape index (κ3) is 4.33. The zero-order chi connectivity index (χ0) is 19.8. The monoisotopic (exact) mass is 412 g/mol. The average molecular weight is 413 g/mol. The molecule has 0 bridgehead atoms. The number of hydrogen-bond donors (Lipinski definition) is 1. The highest BCUT2D eigenvalue weighted by Crippen LogP contribution is 2.38. The highest BCUT2D eigenvalue weighted by molar-refractivity contribution is 6.30. The van der Waals surface area contributed by atoms with Gasteiger partial charge in [0.25, 0.3) is 0 Å². The molecular weight excluding hydrogens is 392 g/mol. The first-order valence-electron chi connectivity index (χ1n) is 9.75. The Morgan fingerprint density at radius 3 is 2.69 bits per heavy atom. The van der Waals surface area contributed by atoms with Crippen LogP contribution in [0.5, 0.6) is 0 Å². The molecule has 9 heteroatoms. The third-order valence-electron chi connectivity index (χ3n) is 5.20. The van der Waals surface area contributed by atoms with Crippen molar-refractivity contribution in [1.82, 2.24) is 30.2 Å². The van der Waals surface area contributed by atoms with Gasteiger partial charge in [0, 0.05) is 42.3 Å².